The number of nitrogens with zero attached hydrogens (tertiary/aromatic N) is 2. The lowest BCUT2D eigenvalue weighted by Crippen LogP contribution is -2.32. The molecule has 0 atom stereocenters. The zero-order valence-corrected chi connectivity index (χ0v) is 13.9. The summed E-state index contributed by atoms with van der Waals surface area (Å²) in [6.45, 7) is 11.6. The van der Waals surface area contributed by atoms with Crippen LogP contribution in [-0.4, -0.2) is 26.6 Å². The number of alkyl halides is 1. The zero-order valence-electron chi connectivity index (χ0n) is 11.9. The van der Waals surface area contributed by atoms with Crippen LogP contribution in [0.5, 0.6) is 11.9 Å². The van der Waals surface area contributed by atoms with Crippen molar-refractivity contribution < 1.29 is 13.2 Å². The lowest BCUT2D eigenvalue weighted by Gasteiger charge is -2.22. The van der Waals surface area contributed by atoms with Crippen LogP contribution >= 0.6 is 0 Å². The van der Waals surface area contributed by atoms with Crippen molar-refractivity contribution in [1.29, 1.82) is 0 Å². The molecule has 1 aromatic rings. The van der Waals surface area contributed by atoms with Gasteiger partial charge in [0, 0.05) is 6.20 Å². The first-order valence-corrected chi connectivity index (χ1v) is 12.7. The quantitative estimate of drug-likeness (QED) is 0.779. The molecule has 102 valence electrons. The smallest absolute Gasteiger partial charge is 0.305 e. The van der Waals surface area contributed by atoms with Crippen LogP contribution in [0.25, 0.3) is 0 Å². The summed E-state index contributed by atoms with van der Waals surface area (Å²) < 4.78 is 24.3. The van der Waals surface area contributed by atoms with Crippen LogP contribution in [0.1, 0.15) is 5.56 Å². The van der Waals surface area contributed by atoms with Gasteiger partial charge in [-0.3, -0.25) is 0 Å². The normalized spacial score (nSPS) is 12.4. The van der Waals surface area contributed by atoms with E-state index in [9.17, 15) is 4.39 Å². The second-order valence-electron chi connectivity index (χ2n) is 6.05. The summed E-state index contributed by atoms with van der Waals surface area (Å²) in [6, 6.07) is 0.277. The van der Waals surface area contributed by atoms with Crippen molar-refractivity contribution >= 4 is 16.6 Å². The second-order valence-corrected chi connectivity index (χ2v) is 14.9. The molecule has 0 fully saturated rings. The maximum Gasteiger partial charge on any atom is 0.305 e. The Hall–Kier alpha value is -0.956. The first kappa shape index (κ1) is 15.1. The Morgan fingerprint density at radius 3 is 2.06 bits per heavy atom. The molecule has 0 unspecified atom stereocenters. The third kappa shape index (κ3) is 5.13. The SMILES string of the molecule is C[Si](C)(C)Oc1ncc(CF)c(O[Si](C)(C)C)n1. The molecule has 0 aliphatic heterocycles. The lowest BCUT2D eigenvalue weighted by atomic mass is 10.4. The van der Waals surface area contributed by atoms with Crippen molar-refractivity contribution in [2.24, 2.45) is 0 Å². The Morgan fingerprint density at radius 1 is 1.06 bits per heavy atom. The highest BCUT2D eigenvalue weighted by molar-refractivity contribution is 6.70. The van der Waals surface area contributed by atoms with Crippen LogP contribution in [0.2, 0.25) is 39.3 Å². The van der Waals surface area contributed by atoms with E-state index in [0.717, 1.165) is 0 Å². The highest BCUT2D eigenvalue weighted by atomic mass is 28.4. The minimum Gasteiger partial charge on any atom is -0.531 e. The van der Waals surface area contributed by atoms with Gasteiger partial charge in [0.25, 0.3) is 0 Å². The molecule has 0 spiro atoms. The third-order valence-electron chi connectivity index (χ3n) is 1.75. The first-order chi connectivity index (χ1) is 8.11. The van der Waals surface area contributed by atoms with Crippen molar-refractivity contribution in [2.45, 2.75) is 46.0 Å². The van der Waals surface area contributed by atoms with Crippen molar-refractivity contribution in [3.05, 3.63) is 11.8 Å². The van der Waals surface area contributed by atoms with Gasteiger partial charge in [-0.1, -0.05) is 0 Å². The summed E-state index contributed by atoms with van der Waals surface area (Å²) in [6.07, 6.45) is 1.44. The van der Waals surface area contributed by atoms with Gasteiger partial charge in [0.15, 0.2) is 0 Å². The lowest BCUT2D eigenvalue weighted by molar-refractivity contribution is 0.437. The van der Waals surface area contributed by atoms with Gasteiger partial charge < -0.3 is 8.85 Å². The molecule has 18 heavy (non-hydrogen) atoms. The van der Waals surface area contributed by atoms with Crippen molar-refractivity contribution in [3.8, 4) is 11.9 Å². The van der Waals surface area contributed by atoms with E-state index in [2.05, 4.69) is 9.97 Å². The predicted molar refractivity (Wildman–Crippen MR) is 74.8 cm³/mol. The molecule has 0 bridgehead atoms. The Bertz CT molecular complexity index is 416. The van der Waals surface area contributed by atoms with E-state index in [1.54, 1.807) is 0 Å². The van der Waals surface area contributed by atoms with E-state index < -0.39 is 23.3 Å². The monoisotopic (exact) mass is 288 g/mol. The van der Waals surface area contributed by atoms with E-state index in [-0.39, 0.29) is 6.01 Å². The number of rotatable bonds is 5. The van der Waals surface area contributed by atoms with Gasteiger partial charge in [-0.05, 0) is 39.3 Å². The Labute approximate surface area is 110 Å². The van der Waals surface area contributed by atoms with E-state index in [1.807, 2.05) is 39.3 Å². The summed E-state index contributed by atoms with van der Waals surface area (Å²) >= 11 is 0. The van der Waals surface area contributed by atoms with Crippen molar-refractivity contribution in [3.63, 3.8) is 0 Å². The molecular formula is C11H21FN2O2Si2. The topological polar surface area (TPSA) is 44.2 Å². The molecule has 0 aromatic carbocycles. The molecule has 1 heterocycles. The van der Waals surface area contributed by atoms with Gasteiger partial charge in [0.05, 0.1) is 5.56 Å². The number of halogens is 1. The van der Waals surface area contributed by atoms with Crippen LogP contribution in [-0.2, 0) is 6.67 Å². The molecule has 0 N–H and O–H groups in total. The fourth-order valence-electron chi connectivity index (χ4n) is 1.17. The van der Waals surface area contributed by atoms with E-state index in [0.29, 0.717) is 11.4 Å². The summed E-state index contributed by atoms with van der Waals surface area (Å²) in [4.78, 5) is 8.21. The van der Waals surface area contributed by atoms with Gasteiger partial charge in [-0.15, -0.1) is 0 Å². The minimum atomic E-state index is -1.83. The van der Waals surface area contributed by atoms with Gasteiger partial charge in [0.2, 0.25) is 22.5 Å². The minimum absolute atomic E-state index is 0.277. The predicted octanol–water partition coefficient (Wildman–Crippen LogP) is 3.37. The van der Waals surface area contributed by atoms with Gasteiger partial charge in [-0.25, -0.2) is 9.37 Å². The average Bonchev–Trinajstić information content (AvgIpc) is 2.12. The molecule has 0 radical (unpaired) electrons. The van der Waals surface area contributed by atoms with E-state index in [1.165, 1.54) is 6.20 Å². The highest BCUT2D eigenvalue weighted by Crippen LogP contribution is 2.23. The Kier molecular flexibility index (Phi) is 4.49. The molecule has 1 aromatic heterocycles. The van der Waals surface area contributed by atoms with Crippen LogP contribution in [0, 0.1) is 0 Å². The van der Waals surface area contributed by atoms with Crippen molar-refractivity contribution in [1.82, 2.24) is 9.97 Å². The molecule has 0 saturated carbocycles. The maximum atomic E-state index is 12.9. The molecule has 0 aliphatic rings. The third-order valence-corrected chi connectivity index (χ3v) is 3.35. The Morgan fingerprint density at radius 2 is 1.61 bits per heavy atom. The van der Waals surface area contributed by atoms with Crippen molar-refractivity contribution in [2.75, 3.05) is 0 Å². The second kappa shape index (κ2) is 5.35. The summed E-state index contributed by atoms with van der Waals surface area (Å²) in [5.74, 6) is 0.319. The zero-order chi connectivity index (χ0) is 14.0. The highest BCUT2D eigenvalue weighted by Gasteiger charge is 2.22. The maximum absolute atomic E-state index is 12.9. The fraction of sp³-hybridized carbons (Fsp3) is 0.636. The average molecular weight is 288 g/mol. The summed E-state index contributed by atoms with van der Waals surface area (Å²) in [5.41, 5.74) is 0.375. The summed E-state index contributed by atoms with van der Waals surface area (Å²) in [5, 5.41) is 0. The van der Waals surface area contributed by atoms with Crippen LogP contribution in [0.4, 0.5) is 4.39 Å². The molecule has 0 amide bonds. The number of hydrogen-bond donors (Lipinski definition) is 0. The van der Waals surface area contributed by atoms with E-state index >= 15 is 0 Å². The van der Waals surface area contributed by atoms with E-state index in [4.69, 9.17) is 8.85 Å². The number of aromatic nitrogens is 2. The van der Waals surface area contributed by atoms with Gasteiger partial charge in [0.1, 0.15) is 6.67 Å². The molecule has 7 heteroatoms. The van der Waals surface area contributed by atoms with Crippen LogP contribution < -0.4 is 8.85 Å². The van der Waals surface area contributed by atoms with Gasteiger partial charge >= 0.3 is 6.01 Å². The molecule has 0 aliphatic carbocycles. The molecule has 4 nitrogen and oxygen atoms in total. The molecule has 1 rings (SSSR count). The Balaban J connectivity index is 3.02. The largest absolute Gasteiger partial charge is 0.531 e. The molecular weight excluding hydrogens is 267 g/mol. The first-order valence-electron chi connectivity index (χ1n) is 5.91. The number of hydrogen-bond acceptors (Lipinski definition) is 4. The standard InChI is InChI=1S/C11H21FN2O2Si2/c1-17(2,3)15-10-9(7-12)8-13-11(14-10)16-18(4,5)6/h8H,7H2,1-6H3. The fourth-order valence-corrected chi connectivity index (χ4v) is 2.57. The van der Waals surface area contributed by atoms with Crippen LogP contribution in [0.15, 0.2) is 6.20 Å². The van der Waals surface area contributed by atoms with Gasteiger partial charge in [-0.2, -0.15) is 4.98 Å². The molecule has 0 saturated heterocycles. The summed E-state index contributed by atoms with van der Waals surface area (Å²) in [7, 11) is -3.60. The van der Waals surface area contributed by atoms with Crippen LogP contribution in [0.3, 0.4) is 0 Å².